The molecule has 0 amide bonds. The molecular formula is C11H20. The smallest absolute Gasteiger partial charge is 0.0167 e. The summed E-state index contributed by atoms with van der Waals surface area (Å²) in [6, 6.07) is 0. The molecule has 0 aliphatic rings. The molecule has 0 bridgehead atoms. The molecule has 0 spiro atoms. The Bertz CT molecular complexity index is 153. The Morgan fingerprint density at radius 1 is 1.27 bits per heavy atom. The zero-order chi connectivity index (χ0) is 8.91. The largest absolute Gasteiger partial charge is 0.0914 e. The van der Waals surface area contributed by atoms with E-state index >= 15 is 0 Å². The second-order valence-electron chi connectivity index (χ2n) is 3.94. The van der Waals surface area contributed by atoms with Crippen molar-refractivity contribution in [2.75, 3.05) is 0 Å². The predicted octanol–water partition coefficient (Wildman–Crippen LogP) is 3.95. The Morgan fingerprint density at radius 3 is 2.18 bits per heavy atom. The number of hydrogen-bond acceptors (Lipinski definition) is 0. The van der Waals surface area contributed by atoms with Crippen LogP contribution in [0, 0.1) is 5.41 Å². The molecule has 0 aromatic carbocycles. The number of hydrogen-bond donors (Lipinski definition) is 0. The van der Waals surface area contributed by atoms with Crippen molar-refractivity contribution in [3.05, 3.63) is 23.8 Å². The summed E-state index contributed by atoms with van der Waals surface area (Å²) >= 11 is 0. The van der Waals surface area contributed by atoms with E-state index in [0.717, 1.165) is 6.42 Å². The van der Waals surface area contributed by atoms with E-state index in [1.807, 2.05) is 0 Å². The van der Waals surface area contributed by atoms with Gasteiger partial charge in [-0.1, -0.05) is 44.6 Å². The lowest BCUT2D eigenvalue weighted by Gasteiger charge is -2.19. The second kappa shape index (κ2) is 4.38. The molecule has 11 heavy (non-hydrogen) atoms. The van der Waals surface area contributed by atoms with E-state index in [-0.39, 0.29) is 0 Å². The van der Waals surface area contributed by atoms with Crippen molar-refractivity contribution in [3.63, 3.8) is 0 Å². The highest BCUT2D eigenvalue weighted by Gasteiger charge is 2.10. The van der Waals surface area contributed by atoms with Crippen molar-refractivity contribution in [3.8, 4) is 0 Å². The molecule has 0 nitrogen and oxygen atoms in total. The molecule has 0 unspecified atom stereocenters. The van der Waals surface area contributed by atoms with Gasteiger partial charge in [-0.2, -0.15) is 0 Å². The van der Waals surface area contributed by atoms with Crippen molar-refractivity contribution in [2.24, 2.45) is 5.41 Å². The third-order valence-electron chi connectivity index (χ3n) is 1.98. The molecule has 0 aromatic rings. The Balaban J connectivity index is 4.01. The monoisotopic (exact) mass is 152 g/mol. The molecule has 0 fully saturated rings. The molecule has 0 saturated carbocycles. The van der Waals surface area contributed by atoms with Crippen LogP contribution < -0.4 is 0 Å². The molecule has 0 heteroatoms. The first-order valence-corrected chi connectivity index (χ1v) is 4.27. The Labute approximate surface area is 71.0 Å². The van der Waals surface area contributed by atoms with Crippen LogP contribution in [0.4, 0.5) is 0 Å². The minimum atomic E-state index is 0.335. The predicted molar refractivity (Wildman–Crippen MR) is 52.6 cm³/mol. The van der Waals surface area contributed by atoms with Gasteiger partial charge >= 0.3 is 0 Å². The Kier molecular flexibility index (Phi) is 4.17. The Hall–Kier alpha value is -0.520. The van der Waals surface area contributed by atoms with E-state index in [1.54, 1.807) is 0 Å². The van der Waals surface area contributed by atoms with Gasteiger partial charge in [0.25, 0.3) is 0 Å². The molecule has 0 atom stereocenters. The van der Waals surface area contributed by atoms with Crippen LogP contribution in [0.25, 0.3) is 0 Å². The first-order chi connectivity index (χ1) is 4.98. The summed E-state index contributed by atoms with van der Waals surface area (Å²) in [7, 11) is 0. The third kappa shape index (κ3) is 4.83. The molecule has 0 radical (unpaired) electrons. The fourth-order valence-electron chi connectivity index (χ4n) is 0.687. The normalized spacial score (nSPS) is 14.5. The minimum absolute atomic E-state index is 0.335. The van der Waals surface area contributed by atoms with Crippen molar-refractivity contribution >= 4 is 0 Å². The number of rotatable bonds is 2. The summed E-state index contributed by atoms with van der Waals surface area (Å²) in [5.74, 6) is 0. The lowest BCUT2D eigenvalue weighted by molar-refractivity contribution is 0.502. The average molecular weight is 152 g/mol. The van der Waals surface area contributed by atoms with Crippen LogP contribution in [-0.4, -0.2) is 0 Å². The molecule has 64 valence electrons. The maximum absolute atomic E-state index is 2.29. The van der Waals surface area contributed by atoms with Crippen LogP contribution in [0.15, 0.2) is 23.8 Å². The fraction of sp³-hybridized carbons (Fsp3) is 0.636. The van der Waals surface area contributed by atoms with E-state index in [2.05, 4.69) is 52.8 Å². The van der Waals surface area contributed by atoms with Crippen LogP contribution in [0.3, 0.4) is 0 Å². The second-order valence-corrected chi connectivity index (χ2v) is 3.94. The minimum Gasteiger partial charge on any atom is -0.0914 e. The Morgan fingerprint density at radius 2 is 1.82 bits per heavy atom. The zero-order valence-electron chi connectivity index (χ0n) is 8.44. The first-order valence-electron chi connectivity index (χ1n) is 4.27. The maximum Gasteiger partial charge on any atom is -0.0167 e. The van der Waals surface area contributed by atoms with E-state index in [4.69, 9.17) is 0 Å². The first kappa shape index (κ1) is 10.5. The van der Waals surface area contributed by atoms with E-state index < -0.39 is 0 Å². The van der Waals surface area contributed by atoms with E-state index in [1.165, 1.54) is 5.57 Å². The van der Waals surface area contributed by atoms with Crippen molar-refractivity contribution < 1.29 is 0 Å². The quantitative estimate of drug-likeness (QED) is 0.526. The van der Waals surface area contributed by atoms with Crippen LogP contribution >= 0.6 is 0 Å². The van der Waals surface area contributed by atoms with E-state index in [9.17, 15) is 0 Å². The van der Waals surface area contributed by atoms with Crippen LogP contribution in [-0.2, 0) is 0 Å². The van der Waals surface area contributed by atoms with Crippen molar-refractivity contribution in [1.29, 1.82) is 0 Å². The average Bonchev–Trinajstić information content (AvgIpc) is 1.86. The summed E-state index contributed by atoms with van der Waals surface area (Å²) in [5.41, 5.74) is 1.80. The molecule has 0 N–H and O–H groups in total. The lowest BCUT2D eigenvalue weighted by atomic mass is 9.87. The summed E-state index contributed by atoms with van der Waals surface area (Å²) < 4.78 is 0. The molecule has 0 rings (SSSR count). The van der Waals surface area contributed by atoms with Gasteiger partial charge in [-0.3, -0.25) is 0 Å². The van der Waals surface area contributed by atoms with E-state index in [0.29, 0.717) is 5.41 Å². The van der Waals surface area contributed by atoms with Gasteiger partial charge in [-0.05, 0) is 25.7 Å². The van der Waals surface area contributed by atoms with Gasteiger partial charge < -0.3 is 0 Å². The maximum atomic E-state index is 2.29. The number of allylic oxidation sites excluding steroid dienone is 4. The van der Waals surface area contributed by atoms with Gasteiger partial charge in [0.2, 0.25) is 0 Å². The lowest BCUT2D eigenvalue weighted by Crippen LogP contribution is -2.05. The van der Waals surface area contributed by atoms with Gasteiger partial charge in [0, 0.05) is 0 Å². The van der Waals surface area contributed by atoms with Gasteiger partial charge in [-0.25, -0.2) is 0 Å². The zero-order valence-corrected chi connectivity index (χ0v) is 8.44. The van der Waals surface area contributed by atoms with Crippen LogP contribution in [0.2, 0.25) is 0 Å². The summed E-state index contributed by atoms with van der Waals surface area (Å²) in [4.78, 5) is 0. The molecule has 0 saturated heterocycles. The summed E-state index contributed by atoms with van der Waals surface area (Å²) in [6.45, 7) is 11.0. The topological polar surface area (TPSA) is 0 Å². The highest BCUT2D eigenvalue weighted by Crippen LogP contribution is 2.24. The van der Waals surface area contributed by atoms with Gasteiger partial charge in [-0.15, -0.1) is 0 Å². The SMILES string of the molecule is CC=CCC=C(C)C(C)(C)C. The summed E-state index contributed by atoms with van der Waals surface area (Å²) in [6.07, 6.45) is 7.63. The molecule has 0 aliphatic carbocycles. The van der Waals surface area contributed by atoms with Gasteiger partial charge in [0.1, 0.15) is 0 Å². The molecule has 0 aromatic heterocycles. The highest BCUT2D eigenvalue weighted by molar-refractivity contribution is 5.09. The molecule has 0 aliphatic heterocycles. The summed E-state index contributed by atoms with van der Waals surface area (Å²) in [5, 5.41) is 0. The molecular weight excluding hydrogens is 132 g/mol. The van der Waals surface area contributed by atoms with Crippen LogP contribution in [0.5, 0.6) is 0 Å². The fourth-order valence-corrected chi connectivity index (χ4v) is 0.687. The van der Waals surface area contributed by atoms with Gasteiger partial charge in [0.05, 0.1) is 0 Å². The van der Waals surface area contributed by atoms with Crippen molar-refractivity contribution in [2.45, 2.75) is 41.0 Å². The third-order valence-corrected chi connectivity index (χ3v) is 1.98. The standard InChI is InChI=1S/C11H20/c1-6-7-8-9-10(2)11(3,4)5/h6-7,9H,8H2,1-5H3. The highest BCUT2D eigenvalue weighted by atomic mass is 14.2. The molecule has 0 heterocycles. The van der Waals surface area contributed by atoms with Gasteiger partial charge in [0.15, 0.2) is 0 Å². The van der Waals surface area contributed by atoms with Crippen LogP contribution in [0.1, 0.15) is 41.0 Å². The van der Waals surface area contributed by atoms with Crippen molar-refractivity contribution in [1.82, 2.24) is 0 Å².